The van der Waals surface area contributed by atoms with Crippen molar-refractivity contribution in [2.75, 3.05) is 26.1 Å². The molecule has 254 valence electrons. The largest absolute Gasteiger partial charge is 0.507 e. The van der Waals surface area contributed by atoms with Crippen molar-refractivity contribution in [1.29, 1.82) is 0 Å². The van der Waals surface area contributed by atoms with Gasteiger partial charge in [0.1, 0.15) is 53.1 Å². The van der Waals surface area contributed by atoms with E-state index in [4.69, 9.17) is 28.4 Å². The molecule has 11 nitrogen and oxygen atoms in total. The quantitative estimate of drug-likeness (QED) is 0.177. The molecule has 7 rings (SSSR count). The number of anilines is 1. The molecule has 0 bridgehead atoms. The van der Waals surface area contributed by atoms with Crippen molar-refractivity contribution in [2.45, 2.75) is 45.3 Å². The van der Waals surface area contributed by atoms with Crippen LogP contribution in [-0.2, 0) is 11.2 Å². The first-order chi connectivity index (χ1) is 23.6. The summed E-state index contributed by atoms with van der Waals surface area (Å²) in [5, 5.41) is 12.2. The normalized spacial score (nSPS) is 18.1. The highest BCUT2D eigenvalue weighted by Gasteiger charge is 2.45. The molecular formula is C38H37NO10. The summed E-state index contributed by atoms with van der Waals surface area (Å²) in [7, 11) is 3.16. The minimum atomic E-state index is -0.643. The second-order valence-electron chi connectivity index (χ2n) is 12.2. The molecule has 0 aromatic heterocycles. The van der Waals surface area contributed by atoms with E-state index < -0.39 is 11.9 Å². The minimum Gasteiger partial charge on any atom is -0.507 e. The summed E-state index contributed by atoms with van der Waals surface area (Å²) >= 11 is 0. The SMILES string of the molecule is CC(=O)Nc1ccc(OC(=O)c2ccccc2O)cc1.COc1cc2c(cc1OC)C1C(=O)c3ccc4c(c3OC1CO2)CC(C(C)C)O4. The molecule has 3 heterocycles. The van der Waals surface area contributed by atoms with Crippen molar-refractivity contribution in [3.63, 3.8) is 0 Å². The van der Waals surface area contributed by atoms with Crippen LogP contribution in [0.2, 0.25) is 0 Å². The van der Waals surface area contributed by atoms with Crippen molar-refractivity contribution in [3.05, 3.63) is 95.1 Å². The standard InChI is InChI=1S/C23H24O6.C15H13NO4/c1-11(2)16-8-14-15(28-16)6-5-12-22(24)21-13-7-18(25-3)19(26-4)9-17(13)27-10-20(21)29-23(12)14;1-10(17)16-11-6-8-12(9-7-11)20-15(19)13-4-2-3-5-14(13)18/h5-7,9,11,16,20-21H,8,10H2,1-4H3;2-9,18H,1H3,(H,16,17). The van der Waals surface area contributed by atoms with Gasteiger partial charge >= 0.3 is 5.97 Å². The number of rotatable bonds is 6. The number of aromatic hydroxyl groups is 1. The van der Waals surface area contributed by atoms with E-state index in [0.717, 1.165) is 23.3 Å². The number of phenolic OH excluding ortho intramolecular Hbond substituents is 1. The molecule has 0 aliphatic carbocycles. The van der Waals surface area contributed by atoms with Gasteiger partial charge in [-0.05, 0) is 60.5 Å². The molecule has 3 unspecified atom stereocenters. The monoisotopic (exact) mass is 667 g/mol. The first-order valence-electron chi connectivity index (χ1n) is 15.9. The van der Waals surface area contributed by atoms with Crippen LogP contribution in [-0.4, -0.2) is 55.8 Å². The van der Waals surface area contributed by atoms with Crippen LogP contribution in [0.4, 0.5) is 5.69 Å². The molecular weight excluding hydrogens is 630 g/mol. The lowest BCUT2D eigenvalue weighted by Gasteiger charge is -2.37. The molecule has 3 aliphatic rings. The maximum atomic E-state index is 13.5. The van der Waals surface area contributed by atoms with Crippen LogP contribution in [0.3, 0.4) is 0 Å². The third kappa shape index (κ3) is 6.69. The number of phenols is 1. The number of Topliss-reactive ketones (excluding diaryl/α,β-unsaturated/α-hetero) is 1. The molecule has 2 N–H and O–H groups in total. The Hall–Kier alpha value is -5.71. The van der Waals surface area contributed by atoms with Crippen LogP contribution in [0.15, 0.2) is 72.8 Å². The Morgan fingerprint density at radius 1 is 0.918 bits per heavy atom. The van der Waals surface area contributed by atoms with Crippen molar-refractivity contribution < 1.29 is 47.9 Å². The van der Waals surface area contributed by atoms with E-state index in [-0.39, 0.29) is 35.2 Å². The molecule has 4 aromatic rings. The number of amides is 1. The number of ketones is 1. The molecule has 3 atom stereocenters. The number of hydrogen-bond donors (Lipinski definition) is 2. The summed E-state index contributed by atoms with van der Waals surface area (Å²) in [5.74, 6) is 2.61. The van der Waals surface area contributed by atoms with Crippen LogP contribution in [0.1, 0.15) is 58.5 Å². The van der Waals surface area contributed by atoms with Gasteiger partial charge in [-0.15, -0.1) is 0 Å². The second-order valence-corrected chi connectivity index (χ2v) is 12.2. The average Bonchev–Trinajstić information content (AvgIpc) is 3.54. The van der Waals surface area contributed by atoms with Gasteiger partial charge in [0.15, 0.2) is 17.3 Å². The van der Waals surface area contributed by atoms with Crippen LogP contribution >= 0.6 is 0 Å². The van der Waals surface area contributed by atoms with E-state index in [9.17, 15) is 19.5 Å². The van der Waals surface area contributed by atoms with Gasteiger partial charge in [-0.3, -0.25) is 9.59 Å². The molecule has 49 heavy (non-hydrogen) atoms. The lowest BCUT2D eigenvalue weighted by atomic mass is 9.81. The zero-order valence-electron chi connectivity index (χ0n) is 27.8. The summed E-state index contributed by atoms with van der Waals surface area (Å²) in [6.07, 6.45) is 0.474. The number of ether oxygens (including phenoxy) is 6. The van der Waals surface area contributed by atoms with Crippen LogP contribution in [0.25, 0.3) is 0 Å². The predicted molar refractivity (Wildman–Crippen MR) is 180 cm³/mol. The summed E-state index contributed by atoms with van der Waals surface area (Å²) in [4.78, 5) is 36.3. The molecule has 0 fully saturated rings. The second kappa shape index (κ2) is 13.8. The Kier molecular flexibility index (Phi) is 9.35. The van der Waals surface area contributed by atoms with Crippen LogP contribution in [0.5, 0.6) is 40.2 Å². The Labute approximate surface area is 283 Å². The average molecular weight is 668 g/mol. The summed E-state index contributed by atoms with van der Waals surface area (Å²) in [5.41, 5.74) is 3.08. The van der Waals surface area contributed by atoms with E-state index in [1.807, 2.05) is 18.2 Å². The molecule has 0 saturated carbocycles. The maximum absolute atomic E-state index is 13.5. The number of hydrogen-bond acceptors (Lipinski definition) is 10. The van der Waals surface area contributed by atoms with Gasteiger partial charge in [0.25, 0.3) is 0 Å². The molecule has 3 aliphatic heterocycles. The van der Waals surface area contributed by atoms with Gasteiger partial charge in [-0.2, -0.15) is 0 Å². The Morgan fingerprint density at radius 2 is 1.63 bits per heavy atom. The highest BCUT2D eigenvalue weighted by atomic mass is 16.5. The Balaban J connectivity index is 0.000000183. The van der Waals surface area contributed by atoms with E-state index in [2.05, 4.69) is 19.2 Å². The number of carbonyl (C=O) groups excluding carboxylic acids is 3. The highest BCUT2D eigenvalue weighted by molar-refractivity contribution is 6.06. The van der Waals surface area contributed by atoms with E-state index >= 15 is 0 Å². The molecule has 1 amide bonds. The Bertz CT molecular complexity index is 1900. The number of fused-ring (bicyclic) bond motifs is 6. The summed E-state index contributed by atoms with van der Waals surface area (Å²) in [6, 6.07) is 19.8. The molecule has 0 radical (unpaired) electrons. The summed E-state index contributed by atoms with van der Waals surface area (Å²) in [6.45, 7) is 5.99. The Morgan fingerprint density at radius 3 is 2.31 bits per heavy atom. The molecule has 4 aromatic carbocycles. The van der Waals surface area contributed by atoms with Crippen LogP contribution < -0.4 is 33.7 Å². The van der Waals surface area contributed by atoms with Crippen molar-refractivity contribution in [3.8, 4) is 40.2 Å². The number of nitrogens with one attached hydrogen (secondary N) is 1. The fraction of sp³-hybridized carbons (Fsp3) is 0.289. The number of methoxy groups -OCH3 is 2. The van der Waals surface area contributed by atoms with Crippen molar-refractivity contribution in [2.24, 2.45) is 5.92 Å². The number of benzene rings is 4. The van der Waals surface area contributed by atoms with Gasteiger partial charge in [-0.1, -0.05) is 26.0 Å². The fourth-order valence-corrected chi connectivity index (χ4v) is 6.08. The first-order valence-corrected chi connectivity index (χ1v) is 15.9. The topological polar surface area (TPSA) is 139 Å². The van der Waals surface area contributed by atoms with Gasteiger partial charge in [0.05, 0.1) is 25.7 Å². The highest BCUT2D eigenvalue weighted by Crippen LogP contribution is 2.50. The minimum absolute atomic E-state index is 0.0452. The zero-order chi connectivity index (χ0) is 34.8. The first kappa shape index (κ1) is 33.2. The summed E-state index contributed by atoms with van der Waals surface area (Å²) < 4.78 is 34.3. The van der Waals surface area contributed by atoms with Gasteiger partial charge in [-0.25, -0.2) is 4.79 Å². The number of para-hydroxylation sites is 1. The molecule has 0 spiro atoms. The van der Waals surface area contributed by atoms with E-state index in [1.54, 1.807) is 56.7 Å². The van der Waals surface area contributed by atoms with Crippen molar-refractivity contribution in [1.82, 2.24) is 0 Å². The predicted octanol–water partition coefficient (Wildman–Crippen LogP) is 6.35. The number of esters is 1. The smallest absolute Gasteiger partial charge is 0.347 e. The van der Waals surface area contributed by atoms with Gasteiger partial charge in [0.2, 0.25) is 5.91 Å². The van der Waals surface area contributed by atoms with Gasteiger partial charge in [0, 0.05) is 36.2 Å². The third-order valence-electron chi connectivity index (χ3n) is 8.60. The van der Waals surface area contributed by atoms with Gasteiger partial charge < -0.3 is 38.8 Å². The maximum Gasteiger partial charge on any atom is 0.347 e. The third-order valence-corrected chi connectivity index (χ3v) is 8.60. The molecule has 11 heteroatoms. The zero-order valence-corrected chi connectivity index (χ0v) is 27.8. The lowest BCUT2D eigenvalue weighted by Crippen LogP contribution is -2.43. The van der Waals surface area contributed by atoms with E-state index in [0.29, 0.717) is 52.5 Å². The van der Waals surface area contributed by atoms with E-state index in [1.165, 1.54) is 19.1 Å². The van der Waals surface area contributed by atoms with Crippen LogP contribution in [0, 0.1) is 5.92 Å². The fourth-order valence-electron chi connectivity index (χ4n) is 6.08. The lowest BCUT2D eigenvalue weighted by molar-refractivity contribution is -0.114. The van der Waals surface area contributed by atoms with Crippen molar-refractivity contribution >= 4 is 23.3 Å². The number of carbonyl (C=O) groups is 3. The molecule has 0 saturated heterocycles.